The minimum atomic E-state index is -3.54. The Labute approximate surface area is 165 Å². The van der Waals surface area contributed by atoms with Crippen molar-refractivity contribution in [3.05, 3.63) is 54.1 Å². The summed E-state index contributed by atoms with van der Waals surface area (Å²) in [5, 5.41) is 2.80. The fraction of sp³-hybridized carbons (Fsp3) is 0.350. The van der Waals surface area contributed by atoms with Crippen molar-refractivity contribution in [2.75, 3.05) is 26.2 Å². The molecule has 150 valence electrons. The van der Waals surface area contributed by atoms with Crippen LogP contribution < -0.4 is 14.8 Å². The number of hydrogen-bond acceptors (Lipinski definition) is 5. The van der Waals surface area contributed by atoms with Crippen LogP contribution in [0, 0.1) is 0 Å². The van der Waals surface area contributed by atoms with Crippen LogP contribution in [0.1, 0.15) is 24.2 Å². The largest absolute Gasteiger partial charge is 0.486 e. The van der Waals surface area contributed by atoms with Crippen molar-refractivity contribution in [3.8, 4) is 11.5 Å². The highest BCUT2D eigenvalue weighted by Gasteiger charge is 2.23. The monoisotopic (exact) mass is 404 g/mol. The van der Waals surface area contributed by atoms with E-state index in [1.165, 1.54) is 28.6 Å². The maximum Gasteiger partial charge on any atom is 0.251 e. The number of sulfonamides is 1. The molecule has 2 aromatic rings. The molecule has 1 atom stereocenters. The summed E-state index contributed by atoms with van der Waals surface area (Å²) in [6.07, 6.45) is -0.291. The molecule has 0 aromatic heterocycles. The highest BCUT2D eigenvalue weighted by molar-refractivity contribution is 7.89. The number of rotatable bonds is 7. The van der Waals surface area contributed by atoms with Crippen LogP contribution >= 0.6 is 0 Å². The first-order chi connectivity index (χ1) is 13.5. The highest BCUT2D eigenvalue weighted by Crippen LogP contribution is 2.30. The van der Waals surface area contributed by atoms with Crippen molar-refractivity contribution in [2.24, 2.45) is 0 Å². The van der Waals surface area contributed by atoms with Crippen LogP contribution in [0.2, 0.25) is 0 Å². The van der Waals surface area contributed by atoms with E-state index in [0.29, 0.717) is 36.8 Å². The maximum atomic E-state index is 12.5. The van der Waals surface area contributed by atoms with Crippen molar-refractivity contribution < 1.29 is 22.7 Å². The lowest BCUT2D eigenvalue weighted by Gasteiger charge is -2.26. The van der Waals surface area contributed by atoms with Gasteiger partial charge in [-0.25, -0.2) is 8.42 Å². The SMILES string of the molecule is CCN(CC)S(=O)(=O)c1ccc(C(=O)NCC2COc3ccccc3O2)cc1. The minimum Gasteiger partial charge on any atom is -0.486 e. The fourth-order valence-corrected chi connectivity index (χ4v) is 4.42. The number of fused-ring (bicyclic) bond motifs is 1. The first-order valence-corrected chi connectivity index (χ1v) is 10.7. The standard InChI is InChI=1S/C20H24N2O5S/c1-3-22(4-2)28(24,25)17-11-9-15(10-12-17)20(23)21-13-16-14-26-18-7-5-6-8-19(18)27-16/h5-12,16H,3-4,13-14H2,1-2H3,(H,21,23). The van der Waals surface area contributed by atoms with E-state index in [0.717, 1.165) is 0 Å². The molecule has 0 aliphatic carbocycles. The maximum absolute atomic E-state index is 12.5. The zero-order valence-electron chi connectivity index (χ0n) is 15.9. The van der Waals surface area contributed by atoms with Crippen molar-refractivity contribution in [3.63, 3.8) is 0 Å². The molecule has 1 unspecified atom stereocenters. The smallest absolute Gasteiger partial charge is 0.251 e. The molecular weight excluding hydrogens is 380 g/mol. The van der Waals surface area contributed by atoms with Gasteiger partial charge in [0.25, 0.3) is 5.91 Å². The Bertz CT molecular complexity index is 924. The minimum absolute atomic E-state index is 0.174. The van der Waals surface area contributed by atoms with Crippen LogP contribution in [0.15, 0.2) is 53.4 Å². The Balaban J connectivity index is 1.60. The second-order valence-corrected chi connectivity index (χ2v) is 8.26. The van der Waals surface area contributed by atoms with Crippen LogP contribution in [0.5, 0.6) is 11.5 Å². The van der Waals surface area contributed by atoms with Gasteiger partial charge in [0, 0.05) is 18.7 Å². The van der Waals surface area contributed by atoms with Gasteiger partial charge in [-0.05, 0) is 36.4 Å². The molecule has 8 heteroatoms. The number of amides is 1. The lowest BCUT2D eigenvalue weighted by atomic mass is 10.2. The first-order valence-electron chi connectivity index (χ1n) is 9.22. The van der Waals surface area contributed by atoms with Crippen molar-refractivity contribution in [2.45, 2.75) is 24.8 Å². The van der Waals surface area contributed by atoms with Gasteiger partial charge in [0.05, 0.1) is 11.4 Å². The third-order valence-electron chi connectivity index (χ3n) is 4.52. The number of nitrogens with zero attached hydrogens (tertiary/aromatic N) is 1. The Morgan fingerprint density at radius 1 is 1.07 bits per heavy atom. The molecule has 1 aliphatic heterocycles. The number of carbonyl (C=O) groups is 1. The van der Waals surface area contributed by atoms with Crippen LogP contribution in [0.4, 0.5) is 0 Å². The summed E-state index contributed by atoms with van der Waals surface area (Å²) in [5.41, 5.74) is 0.385. The van der Waals surface area contributed by atoms with Crippen molar-refractivity contribution in [1.82, 2.24) is 9.62 Å². The average molecular weight is 404 g/mol. The third kappa shape index (κ3) is 4.28. The molecule has 0 bridgehead atoms. The van der Waals surface area contributed by atoms with Crippen molar-refractivity contribution >= 4 is 15.9 Å². The molecule has 1 amide bonds. The number of hydrogen-bond donors (Lipinski definition) is 1. The van der Waals surface area contributed by atoms with Gasteiger partial charge in [-0.3, -0.25) is 4.79 Å². The predicted molar refractivity (Wildman–Crippen MR) is 105 cm³/mol. The van der Waals surface area contributed by atoms with E-state index in [4.69, 9.17) is 9.47 Å². The predicted octanol–water partition coefficient (Wildman–Crippen LogP) is 2.29. The second kappa shape index (κ2) is 8.62. The Kier molecular flexibility index (Phi) is 6.21. The molecular formula is C20H24N2O5S. The lowest BCUT2D eigenvalue weighted by molar-refractivity contribution is 0.0789. The van der Waals surface area contributed by atoms with Gasteiger partial charge < -0.3 is 14.8 Å². The van der Waals surface area contributed by atoms with Gasteiger partial charge in [-0.1, -0.05) is 26.0 Å². The molecule has 0 spiro atoms. The fourth-order valence-electron chi connectivity index (χ4n) is 2.96. The number of ether oxygens (including phenoxy) is 2. The van der Waals surface area contributed by atoms with E-state index in [1.807, 2.05) is 24.3 Å². The molecule has 0 saturated carbocycles. The van der Waals surface area contributed by atoms with Gasteiger partial charge in [0.1, 0.15) is 12.7 Å². The van der Waals surface area contributed by atoms with Gasteiger partial charge in [0.15, 0.2) is 11.5 Å². The van der Waals surface area contributed by atoms with Crippen LogP contribution in [-0.2, 0) is 10.0 Å². The molecule has 0 saturated heterocycles. The molecule has 0 fully saturated rings. The van der Waals surface area contributed by atoms with E-state index >= 15 is 0 Å². The van der Waals surface area contributed by atoms with E-state index in [9.17, 15) is 13.2 Å². The number of para-hydroxylation sites is 2. The average Bonchev–Trinajstić information content (AvgIpc) is 2.72. The Morgan fingerprint density at radius 3 is 2.36 bits per heavy atom. The molecule has 0 radical (unpaired) electrons. The van der Waals surface area contributed by atoms with Crippen molar-refractivity contribution in [1.29, 1.82) is 0 Å². The summed E-state index contributed by atoms with van der Waals surface area (Å²) in [6.45, 7) is 5.00. The van der Waals surface area contributed by atoms with Crippen LogP contribution in [0.3, 0.4) is 0 Å². The zero-order valence-corrected chi connectivity index (χ0v) is 16.7. The van der Waals surface area contributed by atoms with Crippen LogP contribution in [-0.4, -0.2) is 51.0 Å². The summed E-state index contributed by atoms with van der Waals surface area (Å²) < 4.78 is 37.8. The topological polar surface area (TPSA) is 84.9 Å². The molecule has 1 aliphatic rings. The van der Waals surface area contributed by atoms with E-state index in [1.54, 1.807) is 13.8 Å². The van der Waals surface area contributed by atoms with Gasteiger partial charge in [0.2, 0.25) is 10.0 Å². The molecule has 28 heavy (non-hydrogen) atoms. The normalized spacial score (nSPS) is 16.0. The zero-order chi connectivity index (χ0) is 20.1. The summed E-state index contributed by atoms with van der Waals surface area (Å²) in [4.78, 5) is 12.5. The van der Waals surface area contributed by atoms with Gasteiger partial charge in [-0.15, -0.1) is 0 Å². The first kappa shape index (κ1) is 20.2. The summed E-state index contributed by atoms with van der Waals surface area (Å²) in [6, 6.07) is 13.3. The molecule has 1 heterocycles. The Morgan fingerprint density at radius 2 is 1.71 bits per heavy atom. The van der Waals surface area contributed by atoms with Gasteiger partial charge >= 0.3 is 0 Å². The highest BCUT2D eigenvalue weighted by atomic mass is 32.2. The lowest BCUT2D eigenvalue weighted by Crippen LogP contribution is -2.40. The quantitative estimate of drug-likeness (QED) is 0.765. The molecule has 3 rings (SSSR count). The molecule has 7 nitrogen and oxygen atoms in total. The van der Waals surface area contributed by atoms with E-state index < -0.39 is 10.0 Å². The third-order valence-corrected chi connectivity index (χ3v) is 6.58. The number of nitrogens with one attached hydrogen (secondary N) is 1. The summed E-state index contributed by atoms with van der Waals surface area (Å²) in [5.74, 6) is 1.04. The van der Waals surface area contributed by atoms with Gasteiger partial charge in [-0.2, -0.15) is 4.31 Å². The van der Waals surface area contributed by atoms with E-state index in [-0.39, 0.29) is 23.5 Å². The second-order valence-electron chi connectivity index (χ2n) is 6.32. The molecule has 2 aromatic carbocycles. The Hall–Kier alpha value is -2.58. The van der Waals surface area contributed by atoms with E-state index in [2.05, 4.69) is 5.32 Å². The summed E-state index contributed by atoms with van der Waals surface area (Å²) >= 11 is 0. The number of carbonyl (C=O) groups excluding carboxylic acids is 1. The van der Waals surface area contributed by atoms with Crippen LogP contribution in [0.25, 0.3) is 0 Å². The molecule has 1 N–H and O–H groups in total. The summed E-state index contributed by atoms with van der Waals surface area (Å²) in [7, 11) is -3.54. The number of benzene rings is 2.